The number of aromatic nitrogens is 5. The molecule has 9 nitrogen and oxygen atoms in total. The molecule has 1 fully saturated rings. The topological polar surface area (TPSA) is 89.2 Å². The molecule has 0 unspecified atom stereocenters. The third-order valence-corrected chi connectivity index (χ3v) is 4.92. The molecule has 3 aromatic rings. The Morgan fingerprint density at radius 3 is 2.44 bits per heavy atom. The van der Waals surface area contributed by atoms with E-state index in [9.17, 15) is 9.59 Å². The third kappa shape index (κ3) is 3.81. The first-order chi connectivity index (χ1) is 13.2. The number of para-hydroxylation sites is 1. The molecule has 140 valence electrons. The number of carbonyl (C=O) groups is 2. The molecule has 0 saturated carbocycles. The minimum atomic E-state index is -0.0341. The second-order valence-electron chi connectivity index (χ2n) is 6.59. The number of carbonyl (C=O) groups excluding carboxylic acids is 2. The third-order valence-electron chi connectivity index (χ3n) is 4.92. The zero-order chi connectivity index (χ0) is 18.6. The van der Waals surface area contributed by atoms with Gasteiger partial charge in [0.25, 0.3) is 0 Å². The summed E-state index contributed by atoms with van der Waals surface area (Å²) in [6.07, 6.45) is 3.90. The molecule has 0 N–H and O–H groups in total. The van der Waals surface area contributed by atoms with E-state index in [1.165, 1.54) is 16.4 Å². The Labute approximate surface area is 156 Å². The molecular weight excluding hydrogens is 346 g/mol. The average Bonchev–Trinajstić information content (AvgIpc) is 3.36. The van der Waals surface area contributed by atoms with Gasteiger partial charge in [0, 0.05) is 50.9 Å². The Morgan fingerprint density at radius 1 is 0.963 bits per heavy atom. The lowest BCUT2D eigenvalue weighted by molar-refractivity contribution is -0.140. The van der Waals surface area contributed by atoms with Gasteiger partial charge in [-0.25, -0.2) is 4.68 Å². The fourth-order valence-electron chi connectivity index (χ4n) is 3.41. The summed E-state index contributed by atoms with van der Waals surface area (Å²) in [5.41, 5.74) is 1.14. The molecule has 9 heteroatoms. The Hall–Kier alpha value is -3.23. The molecule has 1 aliphatic rings. The van der Waals surface area contributed by atoms with Crippen molar-refractivity contribution in [3.63, 3.8) is 0 Å². The summed E-state index contributed by atoms with van der Waals surface area (Å²) < 4.78 is 3.51. The van der Waals surface area contributed by atoms with Gasteiger partial charge in [0.2, 0.25) is 11.8 Å². The molecule has 4 rings (SSSR count). The van der Waals surface area contributed by atoms with Crippen LogP contribution in [0.25, 0.3) is 10.9 Å². The number of benzene rings is 1. The maximum absolute atomic E-state index is 12.5. The van der Waals surface area contributed by atoms with E-state index in [0.717, 1.165) is 5.52 Å². The molecule has 1 aliphatic heterocycles. The highest BCUT2D eigenvalue weighted by Crippen LogP contribution is 2.16. The van der Waals surface area contributed by atoms with E-state index in [4.69, 9.17) is 0 Å². The van der Waals surface area contributed by atoms with E-state index < -0.39 is 0 Å². The lowest BCUT2D eigenvalue weighted by Gasteiger charge is -2.34. The van der Waals surface area contributed by atoms with Gasteiger partial charge in [-0.05, 0) is 27.9 Å². The van der Waals surface area contributed by atoms with Crippen LogP contribution in [0.1, 0.15) is 6.42 Å². The molecular formula is C18H21N7O2. The SMILES string of the molecule is O=C(CCn1ccc2ccccc21)N1CCN(C(=O)Cn2cnnn2)CC1. The van der Waals surface area contributed by atoms with Gasteiger partial charge in [0.05, 0.1) is 0 Å². The largest absolute Gasteiger partial charge is 0.347 e. The van der Waals surface area contributed by atoms with E-state index in [2.05, 4.69) is 38.3 Å². The molecule has 1 saturated heterocycles. The van der Waals surface area contributed by atoms with Crippen molar-refractivity contribution >= 4 is 22.7 Å². The molecule has 0 atom stereocenters. The van der Waals surface area contributed by atoms with Crippen LogP contribution >= 0.6 is 0 Å². The number of aryl methyl sites for hydroxylation is 1. The van der Waals surface area contributed by atoms with Crippen molar-refractivity contribution < 1.29 is 9.59 Å². The Balaban J connectivity index is 1.26. The highest BCUT2D eigenvalue weighted by molar-refractivity contribution is 5.81. The lowest BCUT2D eigenvalue weighted by atomic mass is 10.2. The van der Waals surface area contributed by atoms with Gasteiger partial charge in [-0.15, -0.1) is 5.10 Å². The first-order valence-electron chi connectivity index (χ1n) is 9.01. The van der Waals surface area contributed by atoms with Crippen LogP contribution in [0.2, 0.25) is 0 Å². The van der Waals surface area contributed by atoms with E-state index in [1.54, 1.807) is 4.90 Å². The number of amides is 2. The van der Waals surface area contributed by atoms with Crippen LogP contribution in [-0.2, 0) is 22.7 Å². The van der Waals surface area contributed by atoms with Crippen LogP contribution in [-0.4, -0.2) is 72.6 Å². The zero-order valence-corrected chi connectivity index (χ0v) is 14.9. The maximum atomic E-state index is 12.5. The van der Waals surface area contributed by atoms with E-state index in [1.807, 2.05) is 23.2 Å². The van der Waals surface area contributed by atoms with Crippen LogP contribution in [0.5, 0.6) is 0 Å². The van der Waals surface area contributed by atoms with Crippen LogP contribution in [0.15, 0.2) is 42.9 Å². The van der Waals surface area contributed by atoms with E-state index in [0.29, 0.717) is 39.1 Å². The summed E-state index contributed by atoms with van der Waals surface area (Å²) in [7, 11) is 0. The van der Waals surface area contributed by atoms with Crippen LogP contribution in [0, 0.1) is 0 Å². The van der Waals surface area contributed by atoms with Crippen LogP contribution < -0.4 is 0 Å². The molecule has 0 radical (unpaired) electrons. The van der Waals surface area contributed by atoms with Gasteiger partial charge in [-0.1, -0.05) is 18.2 Å². The molecule has 3 heterocycles. The monoisotopic (exact) mass is 367 g/mol. The predicted octanol–water partition coefficient (Wildman–Crippen LogP) is 0.389. The highest BCUT2D eigenvalue weighted by Gasteiger charge is 2.24. The van der Waals surface area contributed by atoms with Crippen molar-refractivity contribution in [3.05, 3.63) is 42.9 Å². The molecule has 2 aromatic heterocycles. The molecule has 27 heavy (non-hydrogen) atoms. The average molecular weight is 367 g/mol. The molecule has 0 aliphatic carbocycles. The Bertz CT molecular complexity index is 926. The van der Waals surface area contributed by atoms with Crippen molar-refractivity contribution in [3.8, 4) is 0 Å². The van der Waals surface area contributed by atoms with Gasteiger partial charge >= 0.3 is 0 Å². The van der Waals surface area contributed by atoms with Gasteiger partial charge in [0.15, 0.2) is 0 Å². The first kappa shape index (κ1) is 17.2. The summed E-state index contributed by atoms with van der Waals surface area (Å²) in [5, 5.41) is 11.9. The summed E-state index contributed by atoms with van der Waals surface area (Å²) >= 11 is 0. The van der Waals surface area contributed by atoms with Crippen LogP contribution in [0.4, 0.5) is 0 Å². The van der Waals surface area contributed by atoms with Gasteiger partial charge in [0.1, 0.15) is 12.9 Å². The first-order valence-corrected chi connectivity index (χ1v) is 9.01. The lowest BCUT2D eigenvalue weighted by Crippen LogP contribution is -2.51. The molecule has 2 amide bonds. The minimum Gasteiger partial charge on any atom is -0.347 e. The number of nitrogens with zero attached hydrogens (tertiary/aromatic N) is 7. The fraction of sp³-hybridized carbons (Fsp3) is 0.389. The summed E-state index contributed by atoms with van der Waals surface area (Å²) in [6.45, 7) is 2.99. The van der Waals surface area contributed by atoms with Crippen molar-refractivity contribution in [1.82, 2.24) is 34.6 Å². The summed E-state index contributed by atoms with van der Waals surface area (Å²) in [6, 6.07) is 10.2. The number of piperazine rings is 1. The van der Waals surface area contributed by atoms with Crippen molar-refractivity contribution in [2.75, 3.05) is 26.2 Å². The second kappa shape index (κ2) is 7.56. The fourth-order valence-corrected chi connectivity index (χ4v) is 3.41. The summed E-state index contributed by atoms with van der Waals surface area (Å²) in [5.74, 6) is 0.0913. The normalized spacial score (nSPS) is 14.7. The standard InChI is InChI=1S/C18H21N7O2/c26-17(6-8-22-7-5-15-3-1-2-4-16(15)22)23-9-11-24(12-10-23)18(27)13-25-14-19-20-21-25/h1-5,7,14H,6,8-13H2. The van der Waals surface area contributed by atoms with Gasteiger partial charge < -0.3 is 14.4 Å². The smallest absolute Gasteiger partial charge is 0.244 e. The van der Waals surface area contributed by atoms with Crippen molar-refractivity contribution in [2.24, 2.45) is 0 Å². The maximum Gasteiger partial charge on any atom is 0.244 e. The number of hydrogen-bond acceptors (Lipinski definition) is 5. The van der Waals surface area contributed by atoms with Crippen molar-refractivity contribution in [2.45, 2.75) is 19.5 Å². The summed E-state index contributed by atoms with van der Waals surface area (Å²) in [4.78, 5) is 28.4. The van der Waals surface area contributed by atoms with Gasteiger partial charge in [-0.2, -0.15) is 0 Å². The second-order valence-corrected chi connectivity index (χ2v) is 6.59. The number of fused-ring (bicyclic) bond motifs is 1. The Morgan fingerprint density at radius 2 is 1.70 bits per heavy atom. The van der Waals surface area contributed by atoms with Crippen LogP contribution in [0.3, 0.4) is 0 Å². The quantitative estimate of drug-likeness (QED) is 0.651. The highest BCUT2D eigenvalue weighted by atomic mass is 16.2. The van der Waals surface area contributed by atoms with E-state index >= 15 is 0 Å². The minimum absolute atomic E-state index is 0.0341. The number of tetrazole rings is 1. The molecule has 0 bridgehead atoms. The van der Waals surface area contributed by atoms with Gasteiger partial charge in [-0.3, -0.25) is 9.59 Å². The zero-order valence-electron chi connectivity index (χ0n) is 14.9. The van der Waals surface area contributed by atoms with Crippen molar-refractivity contribution in [1.29, 1.82) is 0 Å². The predicted molar refractivity (Wildman–Crippen MR) is 97.5 cm³/mol. The number of rotatable bonds is 5. The number of hydrogen-bond donors (Lipinski definition) is 0. The Kier molecular flexibility index (Phi) is 4.82. The van der Waals surface area contributed by atoms with E-state index in [-0.39, 0.29) is 18.4 Å². The molecule has 1 aromatic carbocycles. The molecule has 0 spiro atoms.